The summed E-state index contributed by atoms with van der Waals surface area (Å²) in [5.41, 5.74) is 7.23. The summed E-state index contributed by atoms with van der Waals surface area (Å²) in [4.78, 5) is 10.8. The fourth-order valence-corrected chi connectivity index (χ4v) is 1.93. The number of primary amides is 1. The molecule has 0 saturated carbocycles. The van der Waals surface area contributed by atoms with Crippen LogP contribution in [0, 0.1) is 6.92 Å². The minimum atomic E-state index is -0.644. The standard InChI is InChI=1S/C10H11BrClNO/c1-6-2-3-7(8(11)4-6)5-9(12)10(13)14/h2-4,9H,5H2,1H3,(H2,13,14). The molecule has 14 heavy (non-hydrogen) atoms. The highest BCUT2D eigenvalue weighted by molar-refractivity contribution is 9.10. The molecule has 1 atom stereocenters. The molecular formula is C10H11BrClNO. The van der Waals surface area contributed by atoms with E-state index in [1.165, 1.54) is 0 Å². The fraction of sp³-hybridized carbons (Fsp3) is 0.300. The molecule has 0 aromatic heterocycles. The van der Waals surface area contributed by atoms with Crippen molar-refractivity contribution in [2.45, 2.75) is 18.7 Å². The second-order valence-electron chi connectivity index (χ2n) is 3.17. The van der Waals surface area contributed by atoms with E-state index in [1.54, 1.807) is 0 Å². The van der Waals surface area contributed by atoms with Gasteiger partial charge in [-0.25, -0.2) is 0 Å². The predicted molar refractivity (Wildman–Crippen MR) is 61.4 cm³/mol. The van der Waals surface area contributed by atoms with Crippen molar-refractivity contribution in [2.24, 2.45) is 5.73 Å². The third kappa shape index (κ3) is 3.00. The smallest absolute Gasteiger partial charge is 0.235 e. The normalized spacial score (nSPS) is 12.5. The molecule has 1 rings (SSSR count). The Bertz CT molecular complexity index is 354. The number of hydrogen-bond acceptors (Lipinski definition) is 1. The number of carbonyl (C=O) groups is 1. The largest absolute Gasteiger partial charge is 0.368 e. The number of aryl methyl sites for hydroxylation is 1. The molecule has 0 saturated heterocycles. The molecule has 0 radical (unpaired) electrons. The summed E-state index contributed by atoms with van der Waals surface area (Å²) in [6.45, 7) is 2.00. The van der Waals surface area contributed by atoms with Gasteiger partial charge in [-0.2, -0.15) is 0 Å². The molecule has 0 heterocycles. The van der Waals surface area contributed by atoms with Crippen LogP contribution < -0.4 is 5.73 Å². The molecule has 1 aromatic rings. The molecule has 1 amide bonds. The molecule has 2 nitrogen and oxygen atoms in total. The van der Waals surface area contributed by atoms with E-state index in [0.717, 1.165) is 15.6 Å². The van der Waals surface area contributed by atoms with E-state index in [4.69, 9.17) is 17.3 Å². The zero-order valence-electron chi connectivity index (χ0n) is 7.76. The first-order valence-electron chi connectivity index (χ1n) is 4.19. The van der Waals surface area contributed by atoms with Crippen LogP contribution in [0.1, 0.15) is 11.1 Å². The summed E-state index contributed by atoms with van der Waals surface area (Å²) in [5, 5.41) is -0.644. The van der Waals surface area contributed by atoms with Crippen LogP contribution in [0.15, 0.2) is 22.7 Å². The van der Waals surface area contributed by atoms with E-state index in [1.807, 2.05) is 25.1 Å². The number of halogens is 2. The molecule has 1 unspecified atom stereocenters. The van der Waals surface area contributed by atoms with Crippen molar-refractivity contribution in [1.29, 1.82) is 0 Å². The molecule has 0 spiro atoms. The lowest BCUT2D eigenvalue weighted by molar-refractivity contribution is -0.117. The monoisotopic (exact) mass is 275 g/mol. The Morgan fingerprint density at radius 3 is 2.79 bits per heavy atom. The Morgan fingerprint density at radius 1 is 1.64 bits per heavy atom. The molecule has 1 aromatic carbocycles. The van der Waals surface area contributed by atoms with Gasteiger partial charge >= 0.3 is 0 Å². The molecule has 2 N–H and O–H groups in total. The number of rotatable bonds is 3. The van der Waals surface area contributed by atoms with Gasteiger partial charge in [0.25, 0.3) is 0 Å². The summed E-state index contributed by atoms with van der Waals surface area (Å²) in [5.74, 6) is -0.487. The molecule has 0 fully saturated rings. The van der Waals surface area contributed by atoms with Crippen molar-refractivity contribution in [2.75, 3.05) is 0 Å². The summed E-state index contributed by atoms with van der Waals surface area (Å²) in [6, 6.07) is 5.91. The van der Waals surface area contributed by atoms with E-state index in [-0.39, 0.29) is 0 Å². The molecule has 0 aliphatic rings. The second kappa shape index (κ2) is 4.80. The number of nitrogens with two attached hydrogens (primary N) is 1. The predicted octanol–water partition coefficient (Wildman–Crippen LogP) is 2.39. The SMILES string of the molecule is Cc1ccc(CC(Cl)C(N)=O)c(Br)c1. The van der Waals surface area contributed by atoms with Gasteiger partial charge in [0.2, 0.25) is 5.91 Å². The minimum Gasteiger partial charge on any atom is -0.368 e. The van der Waals surface area contributed by atoms with Gasteiger partial charge in [-0.1, -0.05) is 28.1 Å². The van der Waals surface area contributed by atoms with Crippen LogP contribution in [0.3, 0.4) is 0 Å². The van der Waals surface area contributed by atoms with Gasteiger partial charge < -0.3 is 5.73 Å². The van der Waals surface area contributed by atoms with Gasteiger partial charge in [-0.05, 0) is 30.5 Å². The first-order chi connectivity index (χ1) is 6.50. The highest BCUT2D eigenvalue weighted by Crippen LogP contribution is 2.20. The molecule has 0 aliphatic carbocycles. The topological polar surface area (TPSA) is 43.1 Å². The Kier molecular flexibility index (Phi) is 3.96. The van der Waals surface area contributed by atoms with Crippen molar-refractivity contribution in [3.05, 3.63) is 33.8 Å². The van der Waals surface area contributed by atoms with Gasteiger partial charge in [0.1, 0.15) is 5.38 Å². The second-order valence-corrected chi connectivity index (χ2v) is 4.55. The first-order valence-corrected chi connectivity index (χ1v) is 5.42. The lowest BCUT2D eigenvalue weighted by Crippen LogP contribution is -2.25. The molecule has 4 heteroatoms. The first kappa shape index (κ1) is 11.5. The zero-order chi connectivity index (χ0) is 10.7. The van der Waals surface area contributed by atoms with E-state index in [0.29, 0.717) is 6.42 Å². The van der Waals surface area contributed by atoms with Crippen molar-refractivity contribution in [1.82, 2.24) is 0 Å². The van der Waals surface area contributed by atoms with E-state index >= 15 is 0 Å². The van der Waals surface area contributed by atoms with E-state index in [9.17, 15) is 4.79 Å². The maximum atomic E-state index is 10.8. The number of carbonyl (C=O) groups excluding carboxylic acids is 1. The summed E-state index contributed by atoms with van der Waals surface area (Å²) in [7, 11) is 0. The van der Waals surface area contributed by atoms with Crippen LogP contribution in [0.5, 0.6) is 0 Å². The quantitative estimate of drug-likeness (QED) is 0.847. The summed E-state index contributed by atoms with van der Waals surface area (Å²) in [6.07, 6.45) is 0.456. The van der Waals surface area contributed by atoms with E-state index < -0.39 is 11.3 Å². The van der Waals surface area contributed by atoms with Gasteiger partial charge in [0, 0.05) is 4.47 Å². The lowest BCUT2D eigenvalue weighted by Gasteiger charge is -2.07. The molecule has 0 bridgehead atoms. The van der Waals surface area contributed by atoms with Crippen LogP contribution >= 0.6 is 27.5 Å². The van der Waals surface area contributed by atoms with Crippen molar-refractivity contribution >= 4 is 33.4 Å². The molecular weight excluding hydrogens is 265 g/mol. The maximum absolute atomic E-state index is 10.8. The minimum absolute atomic E-state index is 0.456. The lowest BCUT2D eigenvalue weighted by atomic mass is 10.1. The fourth-order valence-electron chi connectivity index (χ4n) is 1.11. The number of alkyl halides is 1. The van der Waals surface area contributed by atoms with Crippen LogP contribution in [0.4, 0.5) is 0 Å². The van der Waals surface area contributed by atoms with Crippen molar-refractivity contribution < 1.29 is 4.79 Å². The number of hydrogen-bond donors (Lipinski definition) is 1. The van der Waals surface area contributed by atoms with Gasteiger partial charge in [-0.15, -0.1) is 11.6 Å². The number of benzene rings is 1. The van der Waals surface area contributed by atoms with E-state index in [2.05, 4.69) is 15.9 Å². The van der Waals surface area contributed by atoms with Crippen LogP contribution in [0.25, 0.3) is 0 Å². The highest BCUT2D eigenvalue weighted by Gasteiger charge is 2.13. The van der Waals surface area contributed by atoms with Gasteiger partial charge in [0.05, 0.1) is 0 Å². The van der Waals surface area contributed by atoms with Crippen molar-refractivity contribution in [3.63, 3.8) is 0 Å². The third-order valence-electron chi connectivity index (χ3n) is 1.92. The Balaban J connectivity index is 2.82. The summed E-state index contributed by atoms with van der Waals surface area (Å²) >= 11 is 9.18. The summed E-state index contributed by atoms with van der Waals surface area (Å²) < 4.78 is 0.962. The number of amides is 1. The molecule has 76 valence electrons. The van der Waals surface area contributed by atoms with Crippen LogP contribution in [0.2, 0.25) is 0 Å². The Labute approximate surface area is 96.6 Å². The maximum Gasteiger partial charge on any atom is 0.235 e. The average molecular weight is 277 g/mol. The van der Waals surface area contributed by atoms with Gasteiger partial charge in [-0.3, -0.25) is 4.79 Å². The molecule has 0 aliphatic heterocycles. The van der Waals surface area contributed by atoms with Crippen LogP contribution in [-0.2, 0) is 11.2 Å². The Morgan fingerprint density at radius 2 is 2.29 bits per heavy atom. The highest BCUT2D eigenvalue weighted by atomic mass is 79.9. The Hall–Kier alpha value is -0.540. The van der Waals surface area contributed by atoms with Crippen LogP contribution in [-0.4, -0.2) is 11.3 Å². The third-order valence-corrected chi connectivity index (χ3v) is 3.02. The van der Waals surface area contributed by atoms with Crippen molar-refractivity contribution in [3.8, 4) is 0 Å². The van der Waals surface area contributed by atoms with Gasteiger partial charge in [0.15, 0.2) is 0 Å². The average Bonchev–Trinajstić information content (AvgIpc) is 2.09. The zero-order valence-corrected chi connectivity index (χ0v) is 10.1.